The predicted molar refractivity (Wildman–Crippen MR) is 141 cm³/mol. The van der Waals surface area contributed by atoms with Crippen molar-refractivity contribution in [1.82, 2.24) is 19.0 Å². The Morgan fingerprint density at radius 1 is 0.950 bits per heavy atom. The van der Waals surface area contributed by atoms with Crippen molar-refractivity contribution < 1.29 is 35.6 Å². The van der Waals surface area contributed by atoms with E-state index in [0.717, 1.165) is 12.3 Å². The fourth-order valence-electron chi connectivity index (χ4n) is 5.05. The molecule has 2 heterocycles. The Morgan fingerprint density at radius 2 is 1.60 bits per heavy atom. The van der Waals surface area contributed by atoms with Crippen LogP contribution in [-0.4, -0.2) is 98.0 Å². The highest BCUT2D eigenvalue weighted by Crippen LogP contribution is 2.36. The number of likely N-dealkylation sites (N-methyl/N-ethyl adjacent to an activating group) is 1. The number of rotatable bonds is 4. The topological polar surface area (TPSA) is 81.2 Å². The minimum Gasteiger partial charge on any atom is -0.336 e. The van der Waals surface area contributed by atoms with E-state index in [4.69, 9.17) is 23.2 Å². The van der Waals surface area contributed by atoms with Crippen molar-refractivity contribution in [3.8, 4) is 0 Å². The van der Waals surface area contributed by atoms with Gasteiger partial charge in [0, 0.05) is 57.8 Å². The van der Waals surface area contributed by atoms with Gasteiger partial charge in [0.1, 0.15) is 5.82 Å². The number of likely N-dealkylation sites (tertiary alicyclic amines) is 1. The maximum Gasteiger partial charge on any atom is 0.419 e. The van der Waals surface area contributed by atoms with Crippen LogP contribution in [-0.2, 0) is 16.2 Å². The van der Waals surface area contributed by atoms with Gasteiger partial charge in [-0.25, -0.2) is 17.6 Å². The van der Waals surface area contributed by atoms with Gasteiger partial charge in [-0.1, -0.05) is 29.3 Å². The molecule has 0 bridgehead atoms. The predicted octanol–water partition coefficient (Wildman–Crippen LogP) is 4.39. The number of amides is 3. The Hall–Kier alpha value is -2.61. The van der Waals surface area contributed by atoms with Crippen molar-refractivity contribution in [2.24, 2.45) is 0 Å². The number of halogens is 6. The first-order valence-corrected chi connectivity index (χ1v) is 14.8. The lowest BCUT2D eigenvalue weighted by atomic mass is 9.93. The Kier molecular flexibility index (Phi) is 8.61. The summed E-state index contributed by atoms with van der Waals surface area (Å²) in [6.45, 7) is 0.911. The van der Waals surface area contributed by atoms with Gasteiger partial charge in [-0.05, 0) is 35.9 Å². The molecule has 0 radical (unpaired) electrons. The van der Waals surface area contributed by atoms with Gasteiger partial charge in [0.15, 0.2) is 0 Å². The summed E-state index contributed by atoms with van der Waals surface area (Å²) in [7, 11) is -1.95. The molecular formula is C25H26Cl2F4N4O4S. The Bertz CT molecular complexity index is 1420. The highest BCUT2D eigenvalue weighted by Gasteiger charge is 2.42. The third kappa shape index (κ3) is 6.32. The summed E-state index contributed by atoms with van der Waals surface area (Å²) in [6.07, 6.45) is -3.80. The number of hydrogen-bond donors (Lipinski definition) is 0. The maximum absolute atomic E-state index is 14.2. The van der Waals surface area contributed by atoms with Crippen LogP contribution in [0.4, 0.5) is 22.4 Å². The zero-order valence-corrected chi connectivity index (χ0v) is 23.8. The summed E-state index contributed by atoms with van der Waals surface area (Å²) in [5.41, 5.74) is -1.08. The van der Waals surface area contributed by atoms with E-state index in [-0.39, 0.29) is 55.9 Å². The maximum atomic E-state index is 14.2. The molecule has 0 N–H and O–H groups in total. The fourth-order valence-corrected chi connectivity index (χ4v) is 6.18. The highest BCUT2D eigenvalue weighted by molar-refractivity contribution is 7.88. The van der Waals surface area contributed by atoms with Gasteiger partial charge in [-0.2, -0.15) is 17.5 Å². The second kappa shape index (κ2) is 11.3. The van der Waals surface area contributed by atoms with Crippen molar-refractivity contribution in [1.29, 1.82) is 0 Å². The average Bonchev–Trinajstić information content (AvgIpc) is 3.33. The first-order chi connectivity index (χ1) is 18.6. The molecular weight excluding hydrogens is 599 g/mol. The van der Waals surface area contributed by atoms with Crippen LogP contribution >= 0.6 is 23.2 Å². The molecule has 0 spiro atoms. The van der Waals surface area contributed by atoms with Gasteiger partial charge < -0.3 is 14.7 Å². The number of nitrogens with zero attached hydrogens (tertiary/aromatic N) is 4. The molecule has 2 aromatic rings. The van der Waals surface area contributed by atoms with Crippen LogP contribution in [0.1, 0.15) is 27.4 Å². The summed E-state index contributed by atoms with van der Waals surface area (Å²) in [5.74, 6) is -2.74. The van der Waals surface area contributed by atoms with Gasteiger partial charge in [0.2, 0.25) is 10.0 Å². The largest absolute Gasteiger partial charge is 0.419 e. The van der Waals surface area contributed by atoms with Gasteiger partial charge in [0.05, 0.1) is 27.9 Å². The van der Waals surface area contributed by atoms with Crippen LogP contribution in [0.15, 0.2) is 36.4 Å². The molecule has 0 aromatic heterocycles. The van der Waals surface area contributed by atoms with Crippen LogP contribution in [0.5, 0.6) is 0 Å². The zero-order valence-electron chi connectivity index (χ0n) is 21.5. The van der Waals surface area contributed by atoms with E-state index in [1.54, 1.807) is 18.2 Å². The molecule has 2 aromatic carbocycles. The molecule has 2 aliphatic rings. The van der Waals surface area contributed by atoms with Gasteiger partial charge in [-0.15, -0.1) is 0 Å². The van der Waals surface area contributed by atoms with Crippen LogP contribution in [0.3, 0.4) is 0 Å². The number of alkyl halides is 3. The van der Waals surface area contributed by atoms with E-state index in [0.29, 0.717) is 22.7 Å². The second-order valence-electron chi connectivity index (χ2n) is 9.79. The summed E-state index contributed by atoms with van der Waals surface area (Å²) in [5, 5.41) is 0.569. The van der Waals surface area contributed by atoms with Crippen molar-refractivity contribution in [2.75, 3.05) is 52.6 Å². The summed E-state index contributed by atoms with van der Waals surface area (Å²) in [6, 6.07) is 5.91. The first-order valence-electron chi connectivity index (χ1n) is 12.2. The Balaban J connectivity index is 1.59. The normalized spacial score (nSPS) is 20.6. The lowest BCUT2D eigenvalue weighted by Crippen LogP contribution is -2.53. The van der Waals surface area contributed by atoms with E-state index in [1.165, 1.54) is 26.1 Å². The number of hydrogen-bond acceptors (Lipinski definition) is 4. The van der Waals surface area contributed by atoms with Gasteiger partial charge in [-0.3, -0.25) is 4.79 Å². The van der Waals surface area contributed by atoms with E-state index < -0.39 is 45.4 Å². The molecule has 40 heavy (non-hydrogen) atoms. The SMILES string of the molecule is CN(C(=O)c1ccc(C(F)(F)F)c(F)c1)[C@@H]1CN(C(=O)N2CCN(S(C)(=O)=O)CC2)CC1c1ccc(Cl)c(Cl)c1. The third-order valence-electron chi connectivity index (χ3n) is 7.25. The number of piperazine rings is 1. The standard InChI is InChI=1S/C25H26Cl2F4N4O4S/c1-32(23(36)16-3-5-18(21(28)12-16)25(29,30)31)22-14-34(13-17(22)15-4-6-19(26)20(27)11-15)24(37)33-7-9-35(10-8-33)40(2,38)39/h3-6,11-12,17,22H,7-10,13-14H2,1-2H3/t17?,22-/m1/s1. The number of carbonyl (C=O) groups is 2. The van der Waals surface area contributed by atoms with Gasteiger partial charge >= 0.3 is 12.2 Å². The molecule has 218 valence electrons. The minimum atomic E-state index is -4.91. The molecule has 15 heteroatoms. The van der Waals surface area contributed by atoms with E-state index in [1.807, 2.05) is 0 Å². The monoisotopic (exact) mass is 624 g/mol. The van der Waals surface area contributed by atoms with Gasteiger partial charge in [0.25, 0.3) is 5.91 Å². The van der Waals surface area contributed by atoms with E-state index in [2.05, 4.69) is 0 Å². The first kappa shape index (κ1) is 30.4. The lowest BCUT2D eigenvalue weighted by molar-refractivity contribution is -0.140. The smallest absolute Gasteiger partial charge is 0.336 e. The molecule has 4 rings (SSSR count). The summed E-state index contributed by atoms with van der Waals surface area (Å²) >= 11 is 12.3. The number of urea groups is 1. The lowest BCUT2D eigenvalue weighted by Gasteiger charge is -2.35. The zero-order chi connectivity index (χ0) is 29.6. The Morgan fingerprint density at radius 3 is 2.15 bits per heavy atom. The van der Waals surface area contributed by atoms with Crippen molar-refractivity contribution in [3.05, 3.63) is 69.0 Å². The molecule has 3 amide bonds. The molecule has 2 saturated heterocycles. The summed E-state index contributed by atoms with van der Waals surface area (Å²) < 4.78 is 78.2. The number of carbonyl (C=O) groups excluding carboxylic acids is 2. The van der Waals surface area contributed by atoms with Crippen LogP contribution in [0.2, 0.25) is 10.0 Å². The molecule has 2 aliphatic heterocycles. The van der Waals surface area contributed by atoms with Crippen LogP contribution < -0.4 is 0 Å². The van der Waals surface area contributed by atoms with E-state index >= 15 is 0 Å². The third-order valence-corrected chi connectivity index (χ3v) is 9.29. The van der Waals surface area contributed by atoms with Crippen molar-refractivity contribution in [2.45, 2.75) is 18.1 Å². The molecule has 8 nitrogen and oxygen atoms in total. The molecule has 2 atom stereocenters. The van der Waals surface area contributed by atoms with Crippen molar-refractivity contribution >= 4 is 45.2 Å². The average molecular weight is 625 g/mol. The quantitative estimate of drug-likeness (QED) is 0.473. The second-order valence-corrected chi connectivity index (χ2v) is 12.6. The number of sulfonamides is 1. The summed E-state index contributed by atoms with van der Waals surface area (Å²) in [4.78, 5) is 31.1. The van der Waals surface area contributed by atoms with Crippen LogP contribution in [0.25, 0.3) is 0 Å². The highest BCUT2D eigenvalue weighted by atomic mass is 35.5. The Labute approximate surface area is 239 Å². The fraction of sp³-hybridized carbons (Fsp3) is 0.440. The molecule has 0 aliphatic carbocycles. The van der Waals surface area contributed by atoms with E-state index in [9.17, 15) is 35.6 Å². The minimum absolute atomic E-state index is 0.0708. The van der Waals surface area contributed by atoms with Crippen LogP contribution in [0, 0.1) is 5.82 Å². The molecule has 2 fully saturated rings. The number of benzene rings is 2. The van der Waals surface area contributed by atoms with Crippen molar-refractivity contribution in [3.63, 3.8) is 0 Å². The molecule has 0 saturated carbocycles. The molecule has 1 unspecified atom stereocenters.